The predicted octanol–water partition coefficient (Wildman–Crippen LogP) is 20.7. The number of pyridine rings is 2. The number of amides is 2. The molecule has 2 saturated carbocycles. The number of halogens is 2. The molecule has 10 aromatic rings. The van der Waals surface area contributed by atoms with Crippen molar-refractivity contribution in [3.05, 3.63) is 233 Å². The lowest BCUT2D eigenvalue weighted by Crippen LogP contribution is -2.47. The fraction of sp³-hybridized carbons (Fsp3) is 0.429. The summed E-state index contributed by atoms with van der Waals surface area (Å²) in [4.78, 5) is 75.4. The van der Waals surface area contributed by atoms with E-state index in [9.17, 15) is 46.7 Å². The van der Waals surface area contributed by atoms with E-state index in [2.05, 4.69) is 101 Å². The molecule has 6 aromatic carbocycles. The number of nitrogens with zero attached hydrogens (tertiary/aromatic N) is 8. The van der Waals surface area contributed by atoms with Crippen LogP contribution >= 0.6 is 23.2 Å². The molecule has 18 rings (SSSR count). The van der Waals surface area contributed by atoms with Crippen molar-refractivity contribution in [2.75, 3.05) is 88.5 Å². The van der Waals surface area contributed by atoms with Gasteiger partial charge in [-0.2, -0.15) is 0 Å². The third kappa shape index (κ3) is 21.0. The molecule has 4 fully saturated rings. The first kappa shape index (κ1) is 89.1. The van der Waals surface area contributed by atoms with Crippen molar-refractivity contribution in [3.63, 3.8) is 0 Å². The molecule has 128 heavy (non-hydrogen) atoms. The molecule has 0 spiro atoms. The van der Waals surface area contributed by atoms with Crippen LogP contribution in [0.4, 0.5) is 22.7 Å². The number of allylic oxidation sites excluding steroid dienone is 2. The number of anilines is 2. The van der Waals surface area contributed by atoms with Gasteiger partial charge in [-0.15, -0.1) is 0 Å². The highest BCUT2D eigenvalue weighted by atomic mass is 35.5. The van der Waals surface area contributed by atoms with E-state index in [0.29, 0.717) is 71.8 Å². The van der Waals surface area contributed by atoms with Gasteiger partial charge >= 0.3 is 0 Å². The average molecular weight is 1820 g/mol. The van der Waals surface area contributed by atoms with Crippen molar-refractivity contribution in [2.24, 2.45) is 34.5 Å². The van der Waals surface area contributed by atoms with Crippen LogP contribution < -0.4 is 38.2 Å². The van der Waals surface area contributed by atoms with Gasteiger partial charge < -0.3 is 38.7 Å². The largest absolute Gasteiger partial charge is 0.493 e. The van der Waals surface area contributed by atoms with Crippen LogP contribution in [0.3, 0.4) is 0 Å². The number of nitro groups is 2. The number of carbonyl (C=O) groups is 2. The standard InChI is InChI=1S/2C49H55ClN6O7S/c2*1-49(2)16-14-36(43(28-49)34-8-10-37(50)11-9-34)30-54-18-20-55(21-19-54)38-12-13-41(46(25-38)63-39-24-35-15-17-51-47(35)52-29-39)48(57)53-64(60,61)40-26-44(56(58)59)42-23-33(31-62-45(42)27-40)22-32-6-4-3-5-7-32/h2*8-13,15,17,24-27,29,32-33H,3-7,14,16,18-23,28,30-31H2,1-2H3,(H,51,52)(H,53,57)/t33-;/m0./s1. The number of carbonyl (C=O) groups excluding carboxylic acids is 2. The summed E-state index contributed by atoms with van der Waals surface area (Å²) in [6, 6.07) is 38.5. The molecule has 4 aliphatic carbocycles. The first-order valence-corrected chi connectivity index (χ1v) is 48.7. The summed E-state index contributed by atoms with van der Waals surface area (Å²) in [7, 11) is -9.21. The molecule has 4 aromatic heterocycles. The van der Waals surface area contributed by atoms with E-state index in [1.165, 1.54) is 96.5 Å². The first-order chi connectivity index (χ1) is 61.5. The number of hydrogen-bond donors (Lipinski definition) is 4. The minimum absolute atomic E-state index is 0.0312. The van der Waals surface area contributed by atoms with E-state index in [-0.39, 0.29) is 68.2 Å². The lowest BCUT2D eigenvalue weighted by atomic mass is 9.72. The maximum atomic E-state index is 14.1. The van der Waals surface area contributed by atoms with Gasteiger partial charge in [-0.3, -0.25) is 39.6 Å². The fourth-order valence-corrected chi connectivity index (χ4v) is 22.4. The smallest absolute Gasteiger partial charge is 0.277 e. The molecular weight excluding hydrogens is 1700 g/mol. The van der Waals surface area contributed by atoms with Gasteiger partial charge in [0.05, 0.1) is 67.5 Å². The van der Waals surface area contributed by atoms with Gasteiger partial charge in [0, 0.05) is 146 Å². The zero-order valence-electron chi connectivity index (χ0n) is 72.8. The van der Waals surface area contributed by atoms with E-state index in [1.807, 2.05) is 36.4 Å². The second-order valence-electron chi connectivity index (χ2n) is 37.6. The Bertz CT molecular complexity index is 5780. The Morgan fingerprint density at radius 1 is 0.508 bits per heavy atom. The van der Waals surface area contributed by atoms with E-state index in [0.717, 1.165) is 187 Å². The van der Waals surface area contributed by atoms with Crippen molar-refractivity contribution in [1.82, 2.24) is 39.2 Å². The number of aromatic nitrogens is 4. The number of hydrogen-bond acceptors (Lipinski definition) is 20. The molecule has 2 amide bonds. The van der Waals surface area contributed by atoms with E-state index in [1.54, 1.807) is 60.9 Å². The number of H-pyrrole nitrogens is 2. The van der Waals surface area contributed by atoms with Crippen LogP contribution in [-0.4, -0.2) is 147 Å². The van der Waals surface area contributed by atoms with Crippen molar-refractivity contribution in [1.29, 1.82) is 0 Å². The van der Waals surface area contributed by atoms with Crippen molar-refractivity contribution >= 4 is 111 Å². The van der Waals surface area contributed by atoms with E-state index < -0.39 is 51.5 Å². The number of fused-ring (bicyclic) bond motifs is 4. The number of aromatic amines is 2. The fourth-order valence-electron chi connectivity index (χ4n) is 20.1. The minimum atomic E-state index is -4.61. The van der Waals surface area contributed by atoms with Crippen molar-refractivity contribution < 1.29 is 55.2 Å². The van der Waals surface area contributed by atoms with Gasteiger partial charge in [-0.05, 0) is 194 Å². The van der Waals surface area contributed by atoms with Gasteiger partial charge in [0.15, 0.2) is 0 Å². The first-order valence-electron chi connectivity index (χ1n) is 44.9. The molecule has 4 N–H and O–H groups in total. The second-order valence-corrected chi connectivity index (χ2v) is 41.8. The third-order valence-electron chi connectivity index (χ3n) is 27.2. The summed E-state index contributed by atoms with van der Waals surface area (Å²) in [6.07, 6.45) is 27.6. The molecule has 2 atom stereocenters. The highest BCUT2D eigenvalue weighted by molar-refractivity contribution is 7.90. The minimum Gasteiger partial charge on any atom is -0.493 e. The van der Waals surface area contributed by atoms with Crippen LogP contribution in [0.15, 0.2) is 179 Å². The SMILES string of the molecule is CC1(C)CCC(CN2CCN(c3ccc(C(=O)NS(=O)(=O)c4cc5c(c([N+](=O)[O-])c4)CC(CC4CCCCC4)CO5)c(Oc4cnc5[nH]ccc5c4)c3)CC2)=C(c2ccc(Cl)cc2)C1.CC1(C)CCC(CN2CCN(c3ccc(C(=O)NS(=O)(=O)c4cc5c(c([N+](=O)[O-])c4)C[C@H](CC4CCCCC4)CO5)c(Oc4cnc5[nH]ccc5c4)c3)CC2)=C(c2ccc(Cl)cc2)C1. The van der Waals surface area contributed by atoms with E-state index >= 15 is 0 Å². The normalized spacial score (nSPS) is 19.5. The van der Waals surface area contributed by atoms with Crippen LogP contribution in [0.2, 0.25) is 10.0 Å². The maximum Gasteiger partial charge on any atom is 0.277 e. The molecule has 0 bridgehead atoms. The van der Waals surface area contributed by atoms with Crippen molar-refractivity contribution in [3.8, 4) is 34.5 Å². The monoisotopic (exact) mass is 1810 g/mol. The van der Waals surface area contributed by atoms with Gasteiger partial charge in [-0.25, -0.2) is 36.2 Å². The summed E-state index contributed by atoms with van der Waals surface area (Å²) in [5.74, 6) is 0.749. The second kappa shape index (κ2) is 38.0. The van der Waals surface area contributed by atoms with Gasteiger partial charge in [0.1, 0.15) is 45.8 Å². The number of ether oxygens (including phenoxy) is 4. The topological polar surface area (TPSA) is 320 Å². The zero-order chi connectivity index (χ0) is 89.2. The zero-order valence-corrected chi connectivity index (χ0v) is 76.0. The molecule has 1 unspecified atom stereocenters. The maximum absolute atomic E-state index is 14.1. The van der Waals surface area contributed by atoms with E-state index in [4.69, 9.17) is 42.1 Å². The summed E-state index contributed by atoms with van der Waals surface area (Å²) in [6.45, 7) is 18.0. The lowest BCUT2D eigenvalue weighted by molar-refractivity contribution is -0.386. The molecule has 26 nitrogen and oxygen atoms in total. The van der Waals surface area contributed by atoms with Gasteiger partial charge in [-0.1, -0.05) is 151 Å². The molecular formula is C98H110Cl2N12O14S2. The van der Waals surface area contributed by atoms with Crippen LogP contribution in [0.1, 0.15) is 186 Å². The Hall–Kier alpha value is -10.9. The molecule has 2 saturated heterocycles. The molecule has 8 aliphatic rings. The van der Waals surface area contributed by atoms with Crippen LogP contribution in [-0.2, 0) is 32.9 Å². The highest BCUT2D eigenvalue weighted by Crippen LogP contribution is 2.48. The number of piperazine rings is 2. The summed E-state index contributed by atoms with van der Waals surface area (Å²) >= 11 is 12.5. The summed E-state index contributed by atoms with van der Waals surface area (Å²) in [5.41, 5.74) is 11.7. The number of benzene rings is 6. The third-order valence-corrected chi connectivity index (χ3v) is 30.3. The highest BCUT2D eigenvalue weighted by Gasteiger charge is 2.39. The Morgan fingerprint density at radius 2 is 0.898 bits per heavy atom. The number of rotatable bonds is 24. The number of sulfonamides is 2. The number of nitro benzene ring substituents is 2. The Morgan fingerprint density at radius 3 is 1.28 bits per heavy atom. The molecule has 0 radical (unpaired) electrons. The lowest BCUT2D eigenvalue weighted by Gasteiger charge is -2.39. The van der Waals surface area contributed by atoms with Crippen LogP contribution in [0.25, 0.3) is 33.2 Å². The average Bonchev–Trinajstić information content (AvgIpc) is 0.844. The summed E-state index contributed by atoms with van der Waals surface area (Å²) in [5, 5.41) is 27.8. The predicted molar refractivity (Wildman–Crippen MR) is 498 cm³/mol. The molecule has 8 heterocycles. The number of nitrogens with one attached hydrogen (secondary N) is 4. The van der Waals surface area contributed by atoms with Crippen LogP contribution in [0.5, 0.6) is 34.5 Å². The van der Waals surface area contributed by atoms with Gasteiger partial charge in [0.2, 0.25) is 0 Å². The Kier molecular flexibility index (Phi) is 26.5. The van der Waals surface area contributed by atoms with Gasteiger partial charge in [0.25, 0.3) is 43.2 Å². The Balaban J connectivity index is 0.000000180. The molecule has 672 valence electrons. The Labute approximate surface area is 756 Å². The van der Waals surface area contributed by atoms with Crippen LogP contribution in [0, 0.1) is 54.7 Å². The summed E-state index contributed by atoms with van der Waals surface area (Å²) < 4.78 is 84.9. The molecule has 4 aliphatic heterocycles. The quantitative estimate of drug-likeness (QED) is 0.0322. The van der Waals surface area contributed by atoms with Crippen molar-refractivity contribution in [2.45, 2.75) is 166 Å². The molecule has 30 heteroatoms.